The number of rotatable bonds is 3. The first kappa shape index (κ1) is 12.7. The Morgan fingerprint density at radius 1 is 0.800 bits per heavy atom. The van der Waals surface area contributed by atoms with E-state index in [4.69, 9.17) is 0 Å². The van der Waals surface area contributed by atoms with Crippen LogP contribution in [0, 0.1) is 5.92 Å². The van der Waals surface area contributed by atoms with Crippen molar-refractivity contribution in [3.63, 3.8) is 0 Å². The Balaban J connectivity index is 0. The summed E-state index contributed by atoms with van der Waals surface area (Å²) in [5, 5.41) is 0. The van der Waals surface area contributed by atoms with Crippen molar-refractivity contribution in [3.05, 3.63) is 0 Å². The van der Waals surface area contributed by atoms with E-state index in [-0.39, 0.29) is 0 Å². The van der Waals surface area contributed by atoms with Crippen LogP contribution in [0.5, 0.6) is 0 Å². The van der Waals surface area contributed by atoms with Crippen LogP contribution < -0.4 is 0 Å². The molecule has 0 atom stereocenters. The van der Waals surface area contributed by atoms with E-state index in [1.165, 1.54) is 25.7 Å². The Kier molecular flexibility index (Phi) is 14.9. The van der Waals surface area contributed by atoms with Gasteiger partial charge in [0.2, 0.25) is 0 Å². The molecule has 0 nitrogen and oxygen atoms in total. The van der Waals surface area contributed by atoms with Gasteiger partial charge in [0.25, 0.3) is 0 Å². The number of hydrogen-bond donors (Lipinski definition) is 0. The average molecular weight is 144 g/mol. The summed E-state index contributed by atoms with van der Waals surface area (Å²) >= 11 is 0. The van der Waals surface area contributed by atoms with Gasteiger partial charge in [0.15, 0.2) is 0 Å². The minimum Gasteiger partial charge on any atom is -0.0654 e. The van der Waals surface area contributed by atoms with Gasteiger partial charge in [-0.3, -0.25) is 0 Å². The molecule has 0 saturated carbocycles. The Hall–Kier alpha value is 0. The largest absolute Gasteiger partial charge is 0.0654 e. The molecule has 0 heteroatoms. The second-order valence-corrected chi connectivity index (χ2v) is 2.92. The maximum absolute atomic E-state index is 2.28. The molecule has 64 valence electrons. The molecule has 0 heterocycles. The summed E-state index contributed by atoms with van der Waals surface area (Å²) in [6.45, 7) is 11.1. The number of hydrogen-bond acceptors (Lipinski definition) is 0. The summed E-state index contributed by atoms with van der Waals surface area (Å²) in [7, 11) is 0. The second kappa shape index (κ2) is 11.8. The summed E-state index contributed by atoms with van der Waals surface area (Å²) in [6.07, 6.45) is 5.30. The van der Waals surface area contributed by atoms with Crippen LogP contribution in [0.1, 0.15) is 60.3 Å². The van der Waals surface area contributed by atoms with Crippen molar-refractivity contribution in [2.45, 2.75) is 60.3 Å². The Bertz CT molecular complexity index is 33.3. The lowest BCUT2D eigenvalue weighted by molar-refractivity contribution is 0.544. The molecule has 0 amide bonds. The van der Waals surface area contributed by atoms with Crippen molar-refractivity contribution in [1.82, 2.24) is 0 Å². The van der Waals surface area contributed by atoms with E-state index in [0.29, 0.717) is 0 Å². The Morgan fingerprint density at radius 2 is 1.10 bits per heavy atom. The first-order valence-corrected chi connectivity index (χ1v) is 4.72. The molecule has 0 fully saturated rings. The summed E-state index contributed by atoms with van der Waals surface area (Å²) < 4.78 is 0. The van der Waals surface area contributed by atoms with Gasteiger partial charge < -0.3 is 0 Å². The highest BCUT2D eigenvalue weighted by atomic mass is 13.9. The van der Waals surface area contributed by atoms with E-state index >= 15 is 0 Å². The molecule has 0 aliphatic carbocycles. The highest BCUT2D eigenvalue weighted by molar-refractivity contribution is 4.41. The highest BCUT2D eigenvalue weighted by Crippen LogP contribution is 2.02. The van der Waals surface area contributed by atoms with Gasteiger partial charge in [0.1, 0.15) is 0 Å². The van der Waals surface area contributed by atoms with Crippen molar-refractivity contribution in [2.75, 3.05) is 0 Å². The molecule has 0 aliphatic heterocycles. The topological polar surface area (TPSA) is 0 Å². The van der Waals surface area contributed by atoms with Crippen molar-refractivity contribution in [3.8, 4) is 0 Å². The zero-order chi connectivity index (χ0) is 8.41. The molecule has 0 rings (SSSR count). The molecule has 0 N–H and O–H groups in total. The van der Waals surface area contributed by atoms with Crippen LogP contribution in [0.4, 0.5) is 0 Å². The molecule has 0 radical (unpaired) electrons. The van der Waals surface area contributed by atoms with Crippen LogP contribution in [0.2, 0.25) is 0 Å². The normalized spacial score (nSPS) is 9.00. The van der Waals surface area contributed by atoms with Crippen LogP contribution in [-0.2, 0) is 0 Å². The van der Waals surface area contributed by atoms with E-state index in [9.17, 15) is 0 Å². The summed E-state index contributed by atoms with van der Waals surface area (Å²) in [5.74, 6) is 0.935. The predicted molar refractivity (Wildman–Crippen MR) is 50.3 cm³/mol. The van der Waals surface area contributed by atoms with Crippen molar-refractivity contribution < 1.29 is 0 Å². The van der Waals surface area contributed by atoms with Gasteiger partial charge in [-0.05, 0) is 5.92 Å². The summed E-state index contributed by atoms with van der Waals surface area (Å²) in [5.41, 5.74) is 0. The predicted octanol–water partition coefficient (Wildman–Crippen LogP) is 4.25. The fourth-order valence-corrected chi connectivity index (χ4v) is 0.289. The first-order chi connectivity index (χ1) is 4.72. The lowest BCUT2D eigenvalue weighted by Crippen LogP contribution is -1.85. The van der Waals surface area contributed by atoms with Crippen LogP contribution >= 0.6 is 0 Å². The zero-order valence-corrected chi connectivity index (χ0v) is 8.41. The molecule has 0 bridgehead atoms. The molecular formula is C10H24. The number of unbranched alkanes of at least 4 members (excludes halogenated alkanes) is 1. The van der Waals surface area contributed by atoms with Crippen LogP contribution in [-0.4, -0.2) is 0 Å². The van der Waals surface area contributed by atoms with Gasteiger partial charge in [0.05, 0.1) is 0 Å². The van der Waals surface area contributed by atoms with Gasteiger partial charge in [-0.2, -0.15) is 0 Å². The molecule has 0 spiro atoms. The molecule has 0 aliphatic rings. The third-order valence-corrected chi connectivity index (χ3v) is 1.89. The van der Waals surface area contributed by atoms with Gasteiger partial charge in [-0.25, -0.2) is 0 Å². The first-order valence-electron chi connectivity index (χ1n) is 4.72. The molecular weight excluding hydrogens is 120 g/mol. The Labute approximate surface area is 67.0 Å². The highest BCUT2D eigenvalue weighted by Gasteiger charge is 1.88. The quantitative estimate of drug-likeness (QED) is 0.555. The SMILES string of the molecule is CCC(C)CC.CCCC. The third kappa shape index (κ3) is 15.7. The molecule has 0 aromatic carbocycles. The van der Waals surface area contributed by atoms with Crippen molar-refractivity contribution in [2.24, 2.45) is 5.92 Å². The van der Waals surface area contributed by atoms with Crippen molar-refractivity contribution in [1.29, 1.82) is 0 Å². The molecule has 10 heavy (non-hydrogen) atoms. The Morgan fingerprint density at radius 3 is 1.10 bits per heavy atom. The fourth-order valence-electron chi connectivity index (χ4n) is 0.289. The summed E-state index contributed by atoms with van der Waals surface area (Å²) in [4.78, 5) is 0. The molecule has 0 aromatic heterocycles. The van der Waals surface area contributed by atoms with Gasteiger partial charge >= 0.3 is 0 Å². The maximum atomic E-state index is 2.28. The van der Waals surface area contributed by atoms with Crippen LogP contribution in [0.25, 0.3) is 0 Å². The van der Waals surface area contributed by atoms with E-state index in [1.54, 1.807) is 0 Å². The standard InChI is InChI=1S/C6H14.C4H10/c1-4-6(3)5-2;1-3-4-2/h6H,4-5H2,1-3H3;3-4H2,1-2H3. The van der Waals surface area contributed by atoms with Gasteiger partial charge in [0, 0.05) is 0 Å². The van der Waals surface area contributed by atoms with Crippen LogP contribution in [0.3, 0.4) is 0 Å². The second-order valence-electron chi connectivity index (χ2n) is 2.92. The molecule has 0 unspecified atom stereocenters. The average Bonchev–Trinajstić information content (AvgIpc) is 2.03. The van der Waals surface area contributed by atoms with Gasteiger partial charge in [-0.15, -0.1) is 0 Å². The minimum absolute atomic E-state index is 0.935. The fraction of sp³-hybridized carbons (Fsp3) is 1.00. The zero-order valence-electron chi connectivity index (χ0n) is 8.41. The maximum Gasteiger partial charge on any atom is -0.0448 e. The monoisotopic (exact) mass is 144 g/mol. The van der Waals surface area contributed by atoms with E-state index in [1.807, 2.05) is 0 Å². The third-order valence-electron chi connectivity index (χ3n) is 1.89. The lowest BCUT2D eigenvalue weighted by atomic mass is 10.1. The molecule has 0 aromatic rings. The van der Waals surface area contributed by atoms with E-state index in [2.05, 4.69) is 34.6 Å². The smallest absolute Gasteiger partial charge is 0.0448 e. The van der Waals surface area contributed by atoms with Crippen LogP contribution in [0.15, 0.2) is 0 Å². The van der Waals surface area contributed by atoms with Crippen molar-refractivity contribution >= 4 is 0 Å². The van der Waals surface area contributed by atoms with E-state index in [0.717, 1.165) is 5.92 Å². The molecule has 0 saturated heterocycles. The van der Waals surface area contributed by atoms with E-state index < -0.39 is 0 Å². The minimum atomic E-state index is 0.935. The van der Waals surface area contributed by atoms with Gasteiger partial charge in [-0.1, -0.05) is 60.3 Å². The summed E-state index contributed by atoms with van der Waals surface area (Å²) in [6, 6.07) is 0. The lowest BCUT2D eigenvalue weighted by Gasteiger charge is -1.98.